The van der Waals surface area contributed by atoms with Crippen LogP contribution in [0.4, 0.5) is 4.39 Å². The van der Waals surface area contributed by atoms with Gasteiger partial charge < -0.3 is 0 Å². The topological polar surface area (TPSA) is 0 Å². The molecule has 86 valence electrons. The van der Waals surface area contributed by atoms with E-state index >= 15 is 0 Å². The minimum Gasteiger partial charge on any atom is -0.207 e. The predicted molar refractivity (Wildman–Crippen MR) is 65.5 cm³/mol. The summed E-state index contributed by atoms with van der Waals surface area (Å²) in [6.07, 6.45) is 3.35. The molecule has 1 heteroatoms. The van der Waals surface area contributed by atoms with Crippen LogP contribution in [-0.4, -0.2) is 0 Å². The van der Waals surface area contributed by atoms with Crippen molar-refractivity contribution in [1.29, 1.82) is 0 Å². The summed E-state index contributed by atoms with van der Waals surface area (Å²) >= 11 is 0. The Balaban J connectivity index is 0.000000336. The second kappa shape index (κ2) is 8.46. The van der Waals surface area contributed by atoms with Crippen molar-refractivity contribution >= 4 is 0 Å². The van der Waals surface area contributed by atoms with E-state index in [4.69, 9.17) is 0 Å². The Hall–Kier alpha value is -0.850. The van der Waals surface area contributed by atoms with Crippen LogP contribution in [0.3, 0.4) is 0 Å². The first-order valence-electron chi connectivity index (χ1n) is 5.84. The van der Waals surface area contributed by atoms with Gasteiger partial charge in [0, 0.05) is 0 Å². The number of benzene rings is 1. The minimum atomic E-state index is -0.133. The van der Waals surface area contributed by atoms with E-state index in [-0.39, 0.29) is 5.82 Å². The van der Waals surface area contributed by atoms with Crippen LogP contribution in [0.1, 0.15) is 46.1 Å². The summed E-state index contributed by atoms with van der Waals surface area (Å²) in [5, 5.41) is 0. The molecule has 0 spiro atoms. The second-order valence-electron chi connectivity index (χ2n) is 4.18. The lowest BCUT2D eigenvalue weighted by molar-refractivity contribution is 0.625. The van der Waals surface area contributed by atoms with E-state index in [1.165, 1.54) is 12.5 Å². The van der Waals surface area contributed by atoms with E-state index in [9.17, 15) is 4.39 Å². The maximum atomic E-state index is 12.5. The van der Waals surface area contributed by atoms with Gasteiger partial charge in [-0.1, -0.05) is 52.7 Å². The van der Waals surface area contributed by atoms with Gasteiger partial charge in [-0.05, 0) is 30.0 Å². The van der Waals surface area contributed by atoms with Crippen LogP contribution in [0.5, 0.6) is 0 Å². The molecule has 0 bridgehead atoms. The minimum absolute atomic E-state index is 0.133. The molecule has 0 aliphatic heterocycles. The average Bonchev–Trinajstić information content (AvgIpc) is 2.19. The van der Waals surface area contributed by atoms with Crippen LogP contribution in [0.2, 0.25) is 0 Å². The van der Waals surface area contributed by atoms with Crippen molar-refractivity contribution in [3.8, 4) is 0 Å². The molecule has 15 heavy (non-hydrogen) atoms. The van der Waals surface area contributed by atoms with Crippen molar-refractivity contribution in [3.05, 3.63) is 35.6 Å². The fourth-order valence-electron chi connectivity index (χ4n) is 0.981. The first-order valence-corrected chi connectivity index (χ1v) is 5.84. The zero-order valence-electron chi connectivity index (χ0n) is 10.4. The Labute approximate surface area is 93.5 Å². The van der Waals surface area contributed by atoms with Crippen molar-refractivity contribution in [2.75, 3.05) is 0 Å². The van der Waals surface area contributed by atoms with E-state index < -0.39 is 0 Å². The lowest BCUT2D eigenvalue weighted by Gasteiger charge is -1.95. The van der Waals surface area contributed by atoms with Gasteiger partial charge in [0.2, 0.25) is 0 Å². The Bertz CT molecular complexity index is 253. The highest BCUT2D eigenvalue weighted by Crippen LogP contribution is 2.05. The van der Waals surface area contributed by atoms with Gasteiger partial charge in [0.1, 0.15) is 5.82 Å². The maximum absolute atomic E-state index is 12.5. The zero-order chi connectivity index (χ0) is 11.7. The van der Waals surface area contributed by atoms with Gasteiger partial charge in [-0.2, -0.15) is 0 Å². The SMILES string of the molecule is CCC(C)C.CCCc1cccc(F)c1. The highest BCUT2D eigenvalue weighted by Gasteiger charge is 1.91. The predicted octanol–water partition coefficient (Wildman–Crippen LogP) is 4.83. The molecule has 0 aromatic heterocycles. The summed E-state index contributed by atoms with van der Waals surface area (Å²) in [5.41, 5.74) is 1.09. The van der Waals surface area contributed by atoms with Crippen LogP contribution in [0, 0.1) is 11.7 Å². The Morgan fingerprint density at radius 1 is 1.20 bits per heavy atom. The van der Waals surface area contributed by atoms with Gasteiger partial charge in [0.05, 0.1) is 0 Å². The summed E-state index contributed by atoms with van der Waals surface area (Å²) in [6, 6.07) is 6.76. The highest BCUT2D eigenvalue weighted by molar-refractivity contribution is 5.16. The zero-order valence-corrected chi connectivity index (χ0v) is 10.4. The molecule has 1 aromatic rings. The van der Waals surface area contributed by atoms with Crippen molar-refractivity contribution in [2.45, 2.75) is 47.0 Å². The standard InChI is InChI=1S/C9H11F.C5H12/c1-2-4-8-5-3-6-9(10)7-8;1-4-5(2)3/h3,5-7H,2,4H2,1H3;5H,4H2,1-3H3. The molecule has 0 aliphatic carbocycles. The molecule has 0 heterocycles. The molecule has 0 fully saturated rings. The number of hydrogen-bond acceptors (Lipinski definition) is 0. The van der Waals surface area contributed by atoms with Gasteiger partial charge in [-0.3, -0.25) is 0 Å². The molecular formula is C14H23F. The lowest BCUT2D eigenvalue weighted by Crippen LogP contribution is -1.82. The van der Waals surface area contributed by atoms with Crippen LogP contribution >= 0.6 is 0 Å². The van der Waals surface area contributed by atoms with E-state index in [0.29, 0.717) is 0 Å². The molecule has 0 saturated carbocycles. The van der Waals surface area contributed by atoms with Gasteiger partial charge in [-0.15, -0.1) is 0 Å². The third kappa shape index (κ3) is 8.17. The summed E-state index contributed by atoms with van der Waals surface area (Å²) in [7, 11) is 0. The highest BCUT2D eigenvalue weighted by atomic mass is 19.1. The molecule has 0 radical (unpaired) electrons. The molecule has 0 aliphatic rings. The van der Waals surface area contributed by atoms with Crippen LogP contribution in [0.25, 0.3) is 0 Å². The largest absolute Gasteiger partial charge is 0.207 e. The molecular weight excluding hydrogens is 187 g/mol. The van der Waals surface area contributed by atoms with Gasteiger partial charge in [0.25, 0.3) is 0 Å². The number of aryl methyl sites for hydroxylation is 1. The number of halogens is 1. The first kappa shape index (κ1) is 14.2. The maximum Gasteiger partial charge on any atom is 0.123 e. The summed E-state index contributed by atoms with van der Waals surface area (Å²) in [5.74, 6) is 0.751. The fraction of sp³-hybridized carbons (Fsp3) is 0.571. The number of hydrogen-bond donors (Lipinski definition) is 0. The number of rotatable bonds is 3. The normalized spacial score (nSPS) is 9.73. The van der Waals surface area contributed by atoms with E-state index in [1.54, 1.807) is 12.1 Å². The third-order valence-corrected chi connectivity index (χ3v) is 2.24. The first-order chi connectivity index (χ1) is 7.10. The van der Waals surface area contributed by atoms with Gasteiger partial charge >= 0.3 is 0 Å². The lowest BCUT2D eigenvalue weighted by atomic mass is 10.1. The van der Waals surface area contributed by atoms with Gasteiger partial charge in [-0.25, -0.2) is 4.39 Å². The quantitative estimate of drug-likeness (QED) is 0.670. The Morgan fingerprint density at radius 3 is 2.20 bits per heavy atom. The van der Waals surface area contributed by atoms with Crippen molar-refractivity contribution < 1.29 is 4.39 Å². The molecule has 0 amide bonds. The van der Waals surface area contributed by atoms with Crippen LogP contribution in [0.15, 0.2) is 24.3 Å². The van der Waals surface area contributed by atoms with Gasteiger partial charge in [0.15, 0.2) is 0 Å². The van der Waals surface area contributed by atoms with Crippen molar-refractivity contribution in [1.82, 2.24) is 0 Å². The van der Waals surface area contributed by atoms with Crippen molar-refractivity contribution in [2.24, 2.45) is 5.92 Å². The second-order valence-corrected chi connectivity index (χ2v) is 4.18. The fourth-order valence-corrected chi connectivity index (χ4v) is 0.981. The van der Waals surface area contributed by atoms with Crippen LogP contribution in [-0.2, 0) is 6.42 Å². The summed E-state index contributed by atoms with van der Waals surface area (Å²) < 4.78 is 12.5. The van der Waals surface area contributed by atoms with Crippen LogP contribution < -0.4 is 0 Å². The molecule has 1 rings (SSSR count). The molecule has 0 N–H and O–H groups in total. The molecule has 0 atom stereocenters. The molecule has 0 nitrogen and oxygen atoms in total. The monoisotopic (exact) mass is 210 g/mol. The molecule has 0 unspecified atom stereocenters. The summed E-state index contributed by atoms with van der Waals surface area (Å²) in [4.78, 5) is 0. The summed E-state index contributed by atoms with van der Waals surface area (Å²) in [6.45, 7) is 8.73. The van der Waals surface area contributed by atoms with E-state index in [2.05, 4.69) is 27.7 Å². The van der Waals surface area contributed by atoms with E-state index in [0.717, 1.165) is 24.3 Å². The Kier molecular flexibility index (Phi) is 7.98. The average molecular weight is 210 g/mol. The molecule has 0 saturated heterocycles. The Morgan fingerprint density at radius 2 is 1.80 bits per heavy atom. The van der Waals surface area contributed by atoms with Crippen molar-refractivity contribution in [3.63, 3.8) is 0 Å². The molecule has 1 aromatic carbocycles. The third-order valence-electron chi connectivity index (χ3n) is 2.24. The smallest absolute Gasteiger partial charge is 0.123 e. The van der Waals surface area contributed by atoms with E-state index in [1.807, 2.05) is 6.07 Å².